The number of hydrogen-bond acceptors (Lipinski definition) is 30. The maximum absolute atomic E-state index is 12.5. The molecular weight excluding hydrogens is 1700 g/mol. The Labute approximate surface area is 733 Å². The van der Waals surface area contributed by atoms with Crippen LogP contribution in [0.2, 0.25) is 0 Å². The van der Waals surface area contributed by atoms with Gasteiger partial charge in [-0.05, 0) is 145 Å². The van der Waals surface area contributed by atoms with Crippen molar-refractivity contribution in [3.8, 4) is 11.5 Å². The summed E-state index contributed by atoms with van der Waals surface area (Å²) in [7, 11) is -8.37. The van der Waals surface area contributed by atoms with Gasteiger partial charge in [0, 0.05) is 56.2 Å². The molecule has 3 saturated carbocycles. The van der Waals surface area contributed by atoms with Crippen LogP contribution in [0.4, 0.5) is 25.8 Å². The van der Waals surface area contributed by atoms with Crippen molar-refractivity contribution in [3.63, 3.8) is 0 Å². The molecule has 8 rings (SSSR count). The Morgan fingerprint density at radius 2 is 0.767 bits per heavy atom. The standard InChI is InChI=1S/C25H27NO9.C22H31NO9S.C16H20O4.C9H8INO5.C3H9NO3S.2CH4.2Na/c1-18(34-24(29)35-21-11-9-20(10-12-21)26(30)31)33-23(28)16-25(13-5-6-14-25)15-22(27)32-17-19-7-3-2-4-8-19;1-17(32-21(26)23-12-7-13-33(27,28)29)31-20(25)15-22(10-5-6-11-22)14-19(24)30-16-18-8-3-2-4-9-18;17-14(18)10-16(8-4-5-9-16)11-15(19)20-12-13-6-2-1-3-7-13;1-6(10)15-9(12)16-8-4-2-7(3-5-8)11(13)14;4-2-1-3-8(5,6)7;;;;/h2-4,7-12,18H,5-6,13-17H2,1H3;2-4,8-9,17H,5-7,10-16H2,1H3,(H,23,26)(H,27,28,29);1-3,6-7H,4-5,8-12H2,(H,17,18);2-6H,1H3;1-4H2,(H,5,6,7);2*1H4;;/q;;;;;;;2*+1/p-2. The van der Waals surface area contributed by atoms with E-state index in [1.165, 1.54) is 62.4 Å². The molecule has 0 aliphatic heterocycles. The number of carboxylic acids is 1. The number of alkyl halides is 1. The van der Waals surface area contributed by atoms with Crippen molar-refractivity contribution >= 4 is 108 Å². The number of nitro benzene ring substituents is 2. The first kappa shape index (κ1) is 108. The van der Waals surface area contributed by atoms with E-state index >= 15 is 0 Å². The van der Waals surface area contributed by atoms with E-state index < -0.39 is 95.6 Å². The van der Waals surface area contributed by atoms with Crippen LogP contribution in [-0.2, 0) is 107 Å². The van der Waals surface area contributed by atoms with Crippen molar-refractivity contribution < 1.29 is 191 Å². The van der Waals surface area contributed by atoms with Crippen molar-refractivity contribution in [2.45, 2.75) is 201 Å². The molecule has 3 unspecified atom stereocenters. The van der Waals surface area contributed by atoms with Gasteiger partial charge >= 0.3 is 113 Å². The van der Waals surface area contributed by atoms with Gasteiger partial charge in [0.15, 0.2) is 4.11 Å². The second-order valence-electron chi connectivity index (χ2n) is 26.5. The first-order valence-corrected chi connectivity index (χ1v) is 40.0. The number of non-ortho nitro benzene ring substituents is 2. The van der Waals surface area contributed by atoms with Crippen molar-refractivity contribution in [2.24, 2.45) is 22.0 Å². The summed E-state index contributed by atoms with van der Waals surface area (Å²) >= 11 is 1.90. The number of nitrogens with one attached hydrogen (secondary N) is 1. The largest absolute Gasteiger partial charge is 1.00 e. The normalized spacial score (nSPS) is 14.4. The van der Waals surface area contributed by atoms with Gasteiger partial charge in [0.2, 0.25) is 12.6 Å². The van der Waals surface area contributed by atoms with Crippen LogP contribution in [0, 0.1) is 36.5 Å². The summed E-state index contributed by atoms with van der Waals surface area (Å²) in [6, 6.07) is 38.2. The van der Waals surface area contributed by atoms with E-state index in [1.54, 1.807) is 6.92 Å². The maximum Gasteiger partial charge on any atom is 1.00 e. The molecule has 0 heterocycles. The second-order valence-corrected chi connectivity index (χ2v) is 31.3. The SMILES string of the molecule is C.C.CC(I)OC(=O)Oc1ccc([N+](=O)[O-])cc1.CC(OC(=O)CC1(CC(=O)OCc2ccccc2)CCCC1)OC(=O)NCCCS(=O)(=O)[O-].CC(OC(=O)CC1(CC(=O)OCc2ccccc2)CCCC1)OC(=O)Oc1ccc([N+](=O)[O-])cc1.NCCCS(=O)(=O)[O-].O=C(O)CC1(CC(=O)OCc2ccccc2)CCCC1.[Na+].[Na+]. The van der Waals surface area contributed by atoms with E-state index in [2.05, 4.69) is 5.32 Å². The number of hydrogen-bond donors (Lipinski definition) is 3. The van der Waals surface area contributed by atoms with E-state index in [0.717, 1.165) is 68.1 Å². The van der Waals surface area contributed by atoms with E-state index in [0.29, 0.717) is 25.7 Å². The fourth-order valence-electron chi connectivity index (χ4n) is 12.0. The van der Waals surface area contributed by atoms with Crippen LogP contribution >= 0.6 is 22.6 Å². The van der Waals surface area contributed by atoms with Crippen molar-refractivity contribution in [1.29, 1.82) is 0 Å². The van der Waals surface area contributed by atoms with Crippen LogP contribution < -0.4 is 79.6 Å². The molecule has 0 aromatic heterocycles. The number of nitrogens with two attached hydrogens (primary N) is 1. The van der Waals surface area contributed by atoms with Gasteiger partial charge in [-0.1, -0.05) is 144 Å². The molecule has 0 bridgehead atoms. The summed E-state index contributed by atoms with van der Waals surface area (Å²) in [6.45, 7) is 5.18. The number of ether oxygens (including phenoxy) is 10. The smallest absolute Gasteiger partial charge is 0.748 e. The van der Waals surface area contributed by atoms with Crippen LogP contribution in [0.25, 0.3) is 0 Å². The maximum atomic E-state index is 12.5. The minimum atomic E-state index is -4.35. The molecular formula is C77H101IN4Na2O30S2. The number of nitrogens with zero attached hydrogens (tertiary/aromatic N) is 2. The van der Waals surface area contributed by atoms with Gasteiger partial charge < -0.3 is 72.6 Å². The Bertz CT molecular complexity index is 4070. The monoisotopic (exact) mass is 1800 g/mol. The molecule has 5 aromatic carbocycles. The van der Waals surface area contributed by atoms with Gasteiger partial charge in [0.25, 0.3) is 11.4 Å². The van der Waals surface area contributed by atoms with Gasteiger partial charge in [-0.2, -0.15) is 0 Å². The Hall–Kier alpha value is -7.96. The number of carbonyl (C=O) groups excluding carboxylic acids is 8. The molecule has 0 saturated heterocycles. The average Bonchev–Trinajstić information content (AvgIpc) is 1.94. The summed E-state index contributed by atoms with van der Waals surface area (Å²) in [5.74, 6) is -3.77. The summed E-state index contributed by atoms with van der Waals surface area (Å²) in [6.07, 6.45) is 5.39. The third-order valence-corrected chi connectivity index (χ3v) is 19.0. The topological polar surface area (TPSA) is 505 Å². The molecule has 34 nitrogen and oxygen atoms in total. The van der Waals surface area contributed by atoms with Gasteiger partial charge in [-0.15, -0.1) is 0 Å². The summed E-state index contributed by atoms with van der Waals surface area (Å²) in [5, 5.41) is 32.3. The minimum Gasteiger partial charge on any atom is -0.748 e. The number of esters is 5. The van der Waals surface area contributed by atoms with Crippen LogP contribution in [-0.4, -0.2) is 136 Å². The fraction of sp³-hybridized carbons (Fsp3) is 0.494. The molecule has 4 N–H and O–H groups in total. The van der Waals surface area contributed by atoms with E-state index in [1.807, 2.05) is 114 Å². The second kappa shape index (κ2) is 56.4. The zero-order valence-corrected chi connectivity index (χ0v) is 71.8. The van der Waals surface area contributed by atoms with Gasteiger partial charge in [0.05, 0.1) is 68.6 Å². The fourth-order valence-corrected chi connectivity index (χ4v) is 13.2. The predicted molar refractivity (Wildman–Crippen MR) is 417 cm³/mol. The molecule has 0 radical (unpaired) electrons. The van der Waals surface area contributed by atoms with Crippen molar-refractivity contribution in [1.82, 2.24) is 5.32 Å². The van der Waals surface area contributed by atoms with Crippen LogP contribution in [0.3, 0.4) is 0 Å². The van der Waals surface area contributed by atoms with Crippen LogP contribution in [0.5, 0.6) is 11.5 Å². The van der Waals surface area contributed by atoms with Crippen molar-refractivity contribution in [2.75, 3.05) is 24.6 Å². The van der Waals surface area contributed by atoms with Crippen molar-refractivity contribution in [3.05, 3.63) is 176 Å². The molecule has 0 spiro atoms. The molecule has 3 aliphatic carbocycles. The third-order valence-electron chi connectivity index (χ3n) is 17.2. The average molecular weight is 1800 g/mol. The number of carboxylic acid groups (broad SMARTS) is 1. The number of amides is 1. The zero-order chi connectivity index (χ0) is 82.8. The Kier molecular flexibility index (Phi) is 52.6. The predicted octanol–water partition coefficient (Wildman–Crippen LogP) is 7.91. The number of nitro groups is 2. The quantitative estimate of drug-likeness (QED) is 0.00301. The zero-order valence-electron chi connectivity index (χ0n) is 64.1. The van der Waals surface area contributed by atoms with E-state index in [9.17, 15) is 89.3 Å². The number of benzene rings is 5. The summed E-state index contributed by atoms with van der Waals surface area (Å²) in [5.41, 5.74) is 5.93. The molecule has 39 heteroatoms. The third kappa shape index (κ3) is 47.4. The first-order valence-electron chi connectivity index (χ1n) is 35.6. The Balaban J connectivity index is 0.00000151. The van der Waals surface area contributed by atoms with Crippen LogP contribution in [0.1, 0.15) is 181 Å². The molecule has 1 amide bonds. The molecule has 3 fully saturated rings. The molecule has 3 aliphatic rings. The molecule has 630 valence electrons. The first-order chi connectivity index (χ1) is 53.0. The summed E-state index contributed by atoms with van der Waals surface area (Å²) < 4.78 is 111. The summed E-state index contributed by atoms with van der Waals surface area (Å²) in [4.78, 5) is 127. The minimum absolute atomic E-state index is 0. The Morgan fingerprint density at radius 1 is 0.466 bits per heavy atom. The van der Waals surface area contributed by atoms with Gasteiger partial charge in [0.1, 0.15) is 31.3 Å². The Morgan fingerprint density at radius 3 is 1.06 bits per heavy atom. The molecule has 5 aromatic rings. The number of aliphatic carboxylic acids is 1. The number of rotatable bonds is 34. The molecule has 116 heavy (non-hydrogen) atoms. The van der Waals surface area contributed by atoms with Gasteiger partial charge in [-0.3, -0.25) is 49.0 Å². The van der Waals surface area contributed by atoms with Gasteiger partial charge in [-0.25, -0.2) is 31.2 Å². The number of carbonyl (C=O) groups is 9. The number of halogens is 1. The molecule has 3 atom stereocenters. The number of alkyl carbamates (subject to hydrolysis) is 1. The van der Waals surface area contributed by atoms with E-state index in [-0.39, 0.29) is 214 Å². The van der Waals surface area contributed by atoms with Crippen LogP contribution in [0.15, 0.2) is 140 Å². The van der Waals surface area contributed by atoms with E-state index in [4.69, 9.17) is 58.2 Å².